The third-order valence-electron chi connectivity index (χ3n) is 5.79. The smallest absolute Gasteiger partial charge is 0.264 e. The van der Waals surface area contributed by atoms with Crippen molar-refractivity contribution in [3.8, 4) is 0 Å². The van der Waals surface area contributed by atoms with E-state index in [0.29, 0.717) is 30.5 Å². The molecule has 2 aromatic rings. The van der Waals surface area contributed by atoms with Crippen LogP contribution in [0.15, 0.2) is 47.3 Å². The van der Waals surface area contributed by atoms with E-state index >= 15 is 0 Å². The predicted molar refractivity (Wildman–Crippen MR) is 97.6 cm³/mol. The maximum atomic E-state index is 11.1. The van der Waals surface area contributed by atoms with Crippen LogP contribution in [0.2, 0.25) is 0 Å². The first-order valence-electron chi connectivity index (χ1n) is 9.23. The summed E-state index contributed by atoms with van der Waals surface area (Å²) in [5.74, 6) is 0.943. The lowest BCUT2D eigenvalue weighted by Gasteiger charge is -2.26. The summed E-state index contributed by atoms with van der Waals surface area (Å²) in [5.41, 5.74) is 0.796. The lowest BCUT2D eigenvalue weighted by atomic mass is 9.91. The minimum Gasteiger partial charge on any atom is -0.390 e. The molecule has 0 amide bonds. The molecule has 1 aliphatic carbocycles. The molecule has 0 bridgehead atoms. The monoisotopic (exact) mass is 355 g/mol. The summed E-state index contributed by atoms with van der Waals surface area (Å²) < 4.78 is 0. The Hall–Kier alpha value is -2.02. The van der Waals surface area contributed by atoms with E-state index in [1.807, 2.05) is 18.2 Å². The molecule has 26 heavy (non-hydrogen) atoms. The average Bonchev–Trinajstić information content (AvgIpc) is 3.10. The summed E-state index contributed by atoms with van der Waals surface area (Å²) >= 11 is 0. The molecule has 0 radical (unpaired) electrons. The van der Waals surface area contributed by atoms with E-state index in [2.05, 4.69) is 27.2 Å². The second-order valence-corrected chi connectivity index (χ2v) is 7.90. The van der Waals surface area contributed by atoms with E-state index in [0.717, 1.165) is 25.9 Å². The maximum absolute atomic E-state index is 11.1. The van der Waals surface area contributed by atoms with Crippen molar-refractivity contribution in [3.63, 3.8) is 0 Å². The first-order chi connectivity index (χ1) is 12.5. The Kier molecular flexibility index (Phi) is 4.65. The number of aliphatic hydroxyl groups excluding tert-OH is 1. The summed E-state index contributed by atoms with van der Waals surface area (Å²) in [6.07, 6.45) is 1.63. The van der Waals surface area contributed by atoms with Gasteiger partial charge in [0.25, 0.3) is 5.56 Å². The number of aliphatic hydroxyl groups is 2. The zero-order valence-electron chi connectivity index (χ0n) is 14.7. The second kappa shape index (κ2) is 6.95. The Morgan fingerprint density at radius 2 is 1.85 bits per heavy atom. The van der Waals surface area contributed by atoms with Crippen LogP contribution in [0.5, 0.6) is 0 Å². The first-order valence-corrected chi connectivity index (χ1v) is 9.23. The van der Waals surface area contributed by atoms with Crippen molar-refractivity contribution in [2.45, 2.75) is 31.0 Å². The molecule has 3 N–H and O–H groups in total. The Morgan fingerprint density at radius 1 is 1.15 bits per heavy atom. The summed E-state index contributed by atoms with van der Waals surface area (Å²) in [5, 5.41) is 27.6. The fourth-order valence-electron chi connectivity index (χ4n) is 4.71. The number of nitrogens with zero attached hydrogens (tertiary/aromatic N) is 2. The molecule has 4 atom stereocenters. The van der Waals surface area contributed by atoms with Gasteiger partial charge in [0, 0.05) is 32.1 Å². The third kappa shape index (κ3) is 3.72. The molecular formula is C20H25N3O3. The van der Waals surface area contributed by atoms with E-state index in [9.17, 15) is 15.0 Å². The van der Waals surface area contributed by atoms with Crippen LogP contribution in [0.3, 0.4) is 0 Å². The minimum atomic E-state index is -0.714. The largest absolute Gasteiger partial charge is 0.390 e. The van der Waals surface area contributed by atoms with Crippen LogP contribution in [-0.4, -0.2) is 50.5 Å². The van der Waals surface area contributed by atoms with Gasteiger partial charge in [0.1, 0.15) is 6.10 Å². The lowest BCUT2D eigenvalue weighted by molar-refractivity contribution is 0.0326. The van der Waals surface area contributed by atoms with Crippen LogP contribution in [0.25, 0.3) is 0 Å². The summed E-state index contributed by atoms with van der Waals surface area (Å²) in [6, 6.07) is 13.1. The van der Waals surface area contributed by atoms with Gasteiger partial charge >= 0.3 is 0 Å². The average molecular weight is 355 g/mol. The highest BCUT2D eigenvalue weighted by atomic mass is 16.3. The van der Waals surface area contributed by atoms with Gasteiger partial charge in [0.2, 0.25) is 0 Å². The Balaban J connectivity index is 1.33. The van der Waals surface area contributed by atoms with Gasteiger partial charge in [-0.25, -0.2) is 5.10 Å². The van der Waals surface area contributed by atoms with Gasteiger partial charge in [-0.15, -0.1) is 0 Å². The van der Waals surface area contributed by atoms with Gasteiger partial charge in [0.05, 0.1) is 11.3 Å². The van der Waals surface area contributed by atoms with Crippen molar-refractivity contribution < 1.29 is 10.2 Å². The van der Waals surface area contributed by atoms with E-state index < -0.39 is 11.7 Å². The number of nitrogens with one attached hydrogen (secondary N) is 1. The fourth-order valence-corrected chi connectivity index (χ4v) is 4.71. The van der Waals surface area contributed by atoms with E-state index in [-0.39, 0.29) is 5.56 Å². The van der Waals surface area contributed by atoms with Crippen molar-refractivity contribution in [3.05, 3.63) is 64.1 Å². The molecule has 1 saturated carbocycles. The Bertz CT molecular complexity index is 773. The minimum absolute atomic E-state index is 0.269. The summed E-state index contributed by atoms with van der Waals surface area (Å²) in [6.45, 7) is 2.29. The maximum Gasteiger partial charge on any atom is 0.264 e. The molecule has 1 aromatic heterocycles. The topological polar surface area (TPSA) is 89.4 Å². The normalized spacial score (nSPS) is 29.6. The molecule has 2 unspecified atom stereocenters. The molecule has 1 saturated heterocycles. The van der Waals surface area contributed by atoms with Gasteiger partial charge in [-0.1, -0.05) is 30.3 Å². The van der Waals surface area contributed by atoms with E-state index in [4.69, 9.17) is 0 Å². The summed E-state index contributed by atoms with van der Waals surface area (Å²) in [7, 11) is 0. The highest BCUT2D eigenvalue weighted by Crippen LogP contribution is 2.45. The van der Waals surface area contributed by atoms with Gasteiger partial charge in [0.15, 0.2) is 0 Å². The number of likely N-dealkylation sites (tertiary alicyclic amines) is 1. The Labute approximate surface area is 152 Å². The van der Waals surface area contributed by atoms with Gasteiger partial charge < -0.3 is 10.2 Å². The number of H-pyrrole nitrogens is 1. The molecule has 2 fully saturated rings. The lowest BCUT2D eigenvalue weighted by Crippen LogP contribution is -2.33. The van der Waals surface area contributed by atoms with Crippen molar-refractivity contribution >= 4 is 0 Å². The van der Waals surface area contributed by atoms with Crippen LogP contribution in [0.1, 0.15) is 30.2 Å². The van der Waals surface area contributed by atoms with Gasteiger partial charge in [-0.3, -0.25) is 9.69 Å². The number of aromatic amines is 1. The first kappa shape index (κ1) is 17.4. The highest BCUT2D eigenvalue weighted by molar-refractivity contribution is 5.18. The van der Waals surface area contributed by atoms with Gasteiger partial charge in [-0.2, -0.15) is 5.10 Å². The van der Waals surface area contributed by atoms with Crippen molar-refractivity contribution in [1.29, 1.82) is 0 Å². The molecule has 4 rings (SSSR count). The molecule has 2 aliphatic rings. The molecule has 6 nitrogen and oxygen atoms in total. The Morgan fingerprint density at radius 3 is 2.46 bits per heavy atom. The molecular weight excluding hydrogens is 330 g/mol. The van der Waals surface area contributed by atoms with Gasteiger partial charge in [-0.05, 0) is 36.3 Å². The zero-order valence-corrected chi connectivity index (χ0v) is 14.7. The molecule has 6 heteroatoms. The van der Waals surface area contributed by atoms with Crippen LogP contribution >= 0.6 is 0 Å². The number of fused-ring (bicyclic) bond motifs is 1. The van der Waals surface area contributed by atoms with E-state index in [1.54, 1.807) is 6.07 Å². The standard InChI is InChI=1S/C20H25N3O3/c24-18(17-6-7-19(25)22-21-17)13-23-11-15-9-20(26,10-16(15)12-23)8-14-4-2-1-3-5-14/h1-7,15-16,18,24,26H,8-13H2,(H,22,25)/t15-,16+,18?,20?. The SMILES string of the molecule is O=c1ccc(C(O)CN2C[C@@H]3CC(O)(Cc4ccccc4)C[C@@H]3C2)n[nH]1. The molecule has 0 spiro atoms. The van der Waals surface area contributed by atoms with Crippen LogP contribution in [-0.2, 0) is 6.42 Å². The van der Waals surface area contributed by atoms with Crippen molar-refractivity contribution in [1.82, 2.24) is 15.1 Å². The number of rotatable bonds is 5. The van der Waals surface area contributed by atoms with Crippen LogP contribution in [0, 0.1) is 11.8 Å². The number of hydrogen-bond acceptors (Lipinski definition) is 5. The number of benzene rings is 1. The quantitative estimate of drug-likeness (QED) is 0.748. The highest BCUT2D eigenvalue weighted by Gasteiger charge is 2.48. The van der Waals surface area contributed by atoms with Crippen molar-refractivity contribution in [2.24, 2.45) is 11.8 Å². The van der Waals surface area contributed by atoms with Crippen molar-refractivity contribution in [2.75, 3.05) is 19.6 Å². The van der Waals surface area contributed by atoms with E-state index in [1.165, 1.54) is 11.6 Å². The summed E-state index contributed by atoms with van der Waals surface area (Å²) in [4.78, 5) is 13.3. The molecule has 2 heterocycles. The second-order valence-electron chi connectivity index (χ2n) is 7.90. The number of aromatic nitrogens is 2. The number of β-amino-alcohol motifs (C(OH)–C–C–N with tert-alkyl or cyclic N) is 1. The fraction of sp³-hybridized carbons (Fsp3) is 0.500. The molecule has 138 valence electrons. The zero-order chi connectivity index (χ0) is 18.1. The number of hydrogen-bond donors (Lipinski definition) is 3. The van der Waals surface area contributed by atoms with Crippen LogP contribution < -0.4 is 5.56 Å². The predicted octanol–water partition coefficient (Wildman–Crippen LogP) is 1.12. The van der Waals surface area contributed by atoms with Crippen LogP contribution in [0.4, 0.5) is 0 Å². The molecule has 1 aromatic carbocycles. The molecule has 1 aliphatic heterocycles. The third-order valence-corrected chi connectivity index (χ3v) is 5.79.